The quantitative estimate of drug-likeness (QED) is 0.186. The van der Waals surface area contributed by atoms with E-state index in [2.05, 4.69) is 143 Å². The topological polar surface area (TPSA) is 59.4 Å². The number of benzene rings is 8. The van der Waals surface area contributed by atoms with Crippen molar-refractivity contribution in [3.8, 4) is 62.1 Å². The Hall–Kier alpha value is -7.63. The van der Waals surface area contributed by atoms with Gasteiger partial charge in [0.15, 0.2) is 17.5 Å². The summed E-state index contributed by atoms with van der Waals surface area (Å²) < 4.78 is 2.40. The van der Waals surface area contributed by atoms with Crippen LogP contribution >= 0.6 is 0 Å². The van der Waals surface area contributed by atoms with Gasteiger partial charge >= 0.3 is 0 Å². The summed E-state index contributed by atoms with van der Waals surface area (Å²) in [6, 6.07) is 68.1. The molecule has 0 atom stereocenters. The lowest BCUT2D eigenvalue weighted by atomic mass is 9.98. The molecular formula is C51H33N5. The molecule has 0 fully saturated rings. The average molecular weight is 716 g/mol. The molecule has 0 saturated heterocycles. The minimum absolute atomic E-state index is 0.631. The minimum Gasteiger partial charge on any atom is -0.354 e. The molecule has 0 aliphatic heterocycles. The maximum absolute atomic E-state index is 5.08. The van der Waals surface area contributed by atoms with Crippen LogP contribution in [0.3, 0.4) is 0 Å². The largest absolute Gasteiger partial charge is 0.354 e. The van der Waals surface area contributed by atoms with Gasteiger partial charge < -0.3 is 9.55 Å². The highest BCUT2D eigenvalue weighted by Crippen LogP contribution is 2.39. The van der Waals surface area contributed by atoms with Gasteiger partial charge in [0.2, 0.25) is 0 Å². The molecule has 5 heteroatoms. The highest BCUT2D eigenvalue weighted by Gasteiger charge is 2.18. The van der Waals surface area contributed by atoms with Gasteiger partial charge in [-0.15, -0.1) is 0 Å². The summed E-state index contributed by atoms with van der Waals surface area (Å²) in [5.74, 6) is 1.91. The predicted molar refractivity (Wildman–Crippen MR) is 231 cm³/mol. The van der Waals surface area contributed by atoms with E-state index in [0.29, 0.717) is 17.5 Å². The standard InChI is InChI=1S/C51H33N5/c1-3-15-33(16-4-1)49-53-50(34-17-5-2-6-18-34)55-51(54-49)44-24-8-7-21-38(44)35-19-13-20-37(31-35)56-46-28-12-10-23-41(46)42-30-29-36(32-47(42)56)39-25-14-26-43-40-22-9-11-27-45(40)52-48(39)43/h1-32,52H. The molecule has 0 spiro atoms. The van der Waals surface area contributed by atoms with E-state index in [1.54, 1.807) is 0 Å². The summed E-state index contributed by atoms with van der Waals surface area (Å²) in [5, 5.41) is 4.90. The third kappa shape index (κ3) is 5.29. The number of fused-ring (bicyclic) bond motifs is 6. The van der Waals surface area contributed by atoms with Crippen molar-refractivity contribution in [2.24, 2.45) is 0 Å². The van der Waals surface area contributed by atoms with Gasteiger partial charge in [0.1, 0.15) is 0 Å². The first-order valence-corrected chi connectivity index (χ1v) is 18.9. The first-order chi connectivity index (χ1) is 27.8. The average Bonchev–Trinajstić information content (AvgIpc) is 3.82. The normalized spacial score (nSPS) is 11.6. The van der Waals surface area contributed by atoms with Gasteiger partial charge in [-0.2, -0.15) is 0 Å². The summed E-state index contributed by atoms with van der Waals surface area (Å²) in [4.78, 5) is 18.8. The maximum atomic E-state index is 5.08. The fourth-order valence-electron chi connectivity index (χ4n) is 8.20. The summed E-state index contributed by atoms with van der Waals surface area (Å²) in [5.41, 5.74) is 13.0. The van der Waals surface area contributed by atoms with Gasteiger partial charge in [0, 0.05) is 55.0 Å². The smallest absolute Gasteiger partial charge is 0.164 e. The van der Waals surface area contributed by atoms with Crippen LogP contribution in [-0.4, -0.2) is 24.5 Å². The zero-order chi connectivity index (χ0) is 37.0. The molecule has 56 heavy (non-hydrogen) atoms. The number of aromatic amines is 1. The van der Waals surface area contributed by atoms with E-state index >= 15 is 0 Å². The molecule has 262 valence electrons. The molecule has 3 heterocycles. The Morgan fingerprint density at radius 3 is 1.68 bits per heavy atom. The van der Waals surface area contributed by atoms with Gasteiger partial charge in [0.05, 0.1) is 16.6 Å². The Bertz CT molecular complexity index is 3190. The van der Waals surface area contributed by atoms with Gasteiger partial charge in [0.25, 0.3) is 0 Å². The lowest BCUT2D eigenvalue weighted by Crippen LogP contribution is -2.01. The number of nitrogens with zero attached hydrogens (tertiary/aromatic N) is 4. The van der Waals surface area contributed by atoms with Crippen LogP contribution in [0.2, 0.25) is 0 Å². The molecule has 0 unspecified atom stereocenters. The summed E-state index contributed by atoms with van der Waals surface area (Å²) in [6.07, 6.45) is 0. The van der Waals surface area contributed by atoms with Crippen molar-refractivity contribution in [3.63, 3.8) is 0 Å². The Morgan fingerprint density at radius 1 is 0.339 bits per heavy atom. The van der Waals surface area contributed by atoms with E-state index in [1.807, 2.05) is 60.7 Å². The number of nitrogens with one attached hydrogen (secondary N) is 1. The van der Waals surface area contributed by atoms with Crippen LogP contribution in [0.1, 0.15) is 0 Å². The highest BCUT2D eigenvalue weighted by molar-refractivity contribution is 6.14. The SMILES string of the molecule is c1ccc(-c2nc(-c3ccccc3)nc(-c3ccccc3-c3cccc(-n4c5ccccc5c5ccc(-c6cccc7c6[nH]c6ccccc67)cc54)c3)n2)cc1. The molecule has 5 nitrogen and oxygen atoms in total. The van der Waals surface area contributed by atoms with E-state index in [4.69, 9.17) is 15.0 Å². The predicted octanol–water partition coefficient (Wildman–Crippen LogP) is 12.9. The van der Waals surface area contributed by atoms with Gasteiger partial charge in [-0.25, -0.2) is 15.0 Å². The molecule has 0 aliphatic rings. The van der Waals surface area contributed by atoms with Gasteiger partial charge in [-0.1, -0.05) is 164 Å². The lowest BCUT2D eigenvalue weighted by Gasteiger charge is -2.14. The molecule has 1 N–H and O–H groups in total. The molecule has 0 bridgehead atoms. The second kappa shape index (κ2) is 13.0. The van der Waals surface area contributed by atoms with Crippen LogP contribution in [-0.2, 0) is 0 Å². The van der Waals surface area contributed by atoms with Crippen molar-refractivity contribution < 1.29 is 0 Å². The Balaban J connectivity index is 1.08. The number of H-pyrrole nitrogens is 1. The molecule has 8 aromatic carbocycles. The van der Waals surface area contributed by atoms with Gasteiger partial charge in [-0.05, 0) is 47.0 Å². The van der Waals surface area contributed by atoms with Crippen LogP contribution in [0.5, 0.6) is 0 Å². The zero-order valence-electron chi connectivity index (χ0n) is 30.3. The van der Waals surface area contributed by atoms with Crippen LogP contribution in [0, 0.1) is 0 Å². The zero-order valence-corrected chi connectivity index (χ0v) is 30.3. The maximum Gasteiger partial charge on any atom is 0.164 e. The van der Waals surface area contributed by atoms with Crippen molar-refractivity contribution in [3.05, 3.63) is 194 Å². The Morgan fingerprint density at radius 2 is 0.893 bits per heavy atom. The van der Waals surface area contributed by atoms with Crippen molar-refractivity contribution in [1.29, 1.82) is 0 Å². The minimum atomic E-state index is 0.631. The fraction of sp³-hybridized carbons (Fsp3) is 0. The second-order valence-corrected chi connectivity index (χ2v) is 14.1. The first kappa shape index (κ1) is 31.9. The van der Waals surface area contributed by atoms with E-state index in [9.17, 15) is 0 Å². The van der Waals surface area contributed by atoms with Gasteiger partial charge in [-0.3, -0.25) is 0 Å². The molecule has 0 saturated carbocycles. The van der Waals surface area contributed by atoms with Crippen molar-refractivity contribution in [2.75, 3.05) is 0 Å². The number of hydrogen-bond donors (Lipinski definition) is 1. The van der Waals surface area contributed by atoms with Crippen molar-refractivity contribution in [2.45, 2.75) is 0 Å². The Kier molecular flexibility index (Phi) is 7.42. The molecule has 0 radical (unpaired) electrons. The van der Waals surface area contributed by atoms with Crippen molar-refractivity contribution in [1.82, 2.24) is 24.5 Å². The number of para-hydroxylation sites is 3. The van der Waals surface area contributed by atoms with Crippen molar-refractivity contribution >= 4 is 43.6 Å². The van der Waals surface area contributed by atoms with Crippen LogP contribution in [0.4, 0.5) is 0 Å². The number of aromatic nitrogens is 5. The molecule has 0 aliphatic carbocycles. The third-order valence-electron chi connectivity index (χ3n) is 10.8. The third-order valence-corrected chi connectivity index (χ3v) is 10.8. The fourth-order valence-corrected chi connectivity index (χ4v) is 8.20. The van der Waals surface area contributed by atoms with E-state index in [-0.39, 0.29) is 0 Å². The summed E-state index contributed by atoms with van der Waals surface area (Å²) in [6.45, 7) is 0. The van der Waals surface area contributed by atoms with Crippen LogP contribution < -0.4 is 0 Å². The first-order valence-electron chi connectivity index (χ1n) is 18.9. The summed E-state index contributed by atoms with van der Waals surface area (Å²) >= 11 is 0. The molecule has 11 aromatic rings. The van der Waals surface area contributed by atoms with Crippen LogP contribution in [0.15, 0.2) is 194 Å². The Labute approximate surface area is 323 Å². The molecule has 3 aromatic heterocycles. The molecular weight excluding hydrogens is 683 g/mol. The molecule has 11 rings (SSSR count). The number of hydrogen-bond acceptors (Lipinski definition) is 3. The summed E-state index contributed by atoms with van der Waals surface area (Å²) in [7, 11) is 0. The van der Waals surface area contributed by atoms with E-state index in [1.165, 1.54) is 32.7 Å². The molecule has 0 amide bonds. The van der Waals surface area contributed by atoms with E-state index in [0.717, 1.165) is 55.6 Å². The lowest BCUT2D eigenvalue weighted by molar-refractivity contribution is 1.07. The highest BCUT2D eigenvalue weighted by atomic mass is 15.0. The number of rotatable bonds is 6. The monoisotopic (exact) mass is 715 g/mol. The van der Waals surface area contributed by atoms with E-state index < -0.39 is 0 Å². The second-order valence-electron chi connectivity index (χ2n) is 14.1. The van der Waals surface area contributed by atoms with Crippen LogP contribution in [0.25, 0.3) is 106 Å².